The first-order valence-corrected chi connectivity index (χ1v) is 14.1. The number of rotatable bonds is 4. The van der Waals surface area contributed by atoms with Gasteiger partial charge in [-0.05, 0) is 61.1 Å². The van der Waals surface area contributed by atoms with Crippen molar-refractivity contribution in [1.29, 1.82) is 0 Å². The lowest BCUT2D eigenvalue weighted by atomic mass is 9.83. The smallest absolute Gasteiger partial charge is 0.178 e. The van der Waals surface area contributed by atoms with E-state index in [9.17, 15) is 4.39 Å². The van der Waals surface area contributed by atoms with Crippen LogP contribution in [-0.4, -0.2) is 39.4 Å². The minimum absolute atomic E-state index is 0.271. The molecule has 1 atom stereocenters. The summed E-state index contributed by atoms with van der Waals surface area (Å²) in [6.07, 6.45) is 7.95. The van der Waals surface area contributed by atoms with Crippen LogP contribution >= 0.6 is 0 Å². The molecule has 39 heavy (non-hydrogen) atoms. The molecule has 4 aromatic rings. The summed E-state index contributed by atoms with van der Waals surface area (Å²) in [6, 6.07) is 26.2. The number of halogens is 1. The minimum Gasteiger partial charge on any atom is -0.473 e. The van der Waals surface area contributed by atoms with Gasteiger partial charge in [-0.25, -0.2) is 4.39 Å². The summed E-state index contributed by atoms with van der Waals surface area (Å²) in [6.45, 7) is 5.35. The molecule has 0 aromatic heterocycles. The van der Waals surface area contributed by atoms with E-state index >= 15 is 0 Å². The SMILES string of the molecule is Fc1cccc(C2(c3ccc(N4CCOCC4)cc3)C=Cc3c(cc(N4CCCCC4)c4ccccc34)O2)c1. The third-order valence-corrected chi connectivity index (χ3v) is 8.40. The minimum atomic E-state index is -0.944. The average Bonchev–Trinajstić information content (AvgIpc) is 3.01. The summed E-state index contributed by atoms with van der Waals surface area (Å²) in [7, 11) is 0. The maximum Gasteiger partial charge on any atom is 0.178 e. The zero-order chi connectivity index (χ0) is 26.2. The van der Waals surface area contributed by atoms with E-state index in [1.165, 1.54) is 41.8 Å². The summed E-state index contributed by atoms with van der Waals surface area (Å²) < 4.78 is 27.2. The highest BCUT2D eigenvalue weighted by atomic mass is 19.1. The van der Waals surface area contributed by atoms with E-state index < -0.39 is 5.60 Å². The molecule has 0 saturated carbocycles. The maximum atomic E-state index is 14.6. The molecule has 5 heteroatoms. The van der Waals surface area contributed by atoms with Gasteiger partial charge in [0.2, 0.25) is 0 Å². The Hall–Kier alpha value is -3.83. The fourth-order valence-corrected chi connectivity index (χ4v) is 6.35. The van der Waals surface area contributed by atoms with Gasteiger partial charge in [-0.3, -0.25) is 0 Å². The standard InChI is InChI=1S/C34H33FN2O2/c35-27-8-6-7-26(23-27)34(25-11-13-28(14-12-25)36-19-21-38-22-20-36)16-15-31-29-9-2-3-10-30(29)32(24-33(31)39-34)37-17-4-1-5-18-37/h2-3,6-16,23-24H,1,4-5,17-22H2. The van der Waals surface area contributed by atoms with Crippen molar-refractivity contribution < 1.29 is 13.9 Å². The second-order valence-electron chi connectivity index (χ2n) is 10.7. The molecular weight excluding hydrogens is 487 g/mol. The van der Waals surface area contributed by atoms with Crippen LogP contribution in [0.5, 0.6) is 5.75 Å². The Bertz CT molecular complexity index is 1520. The van der Waals surface area contributed by atoms with Crippen LogP contribution in [-0.2, 0) is 10.3 Å². The predicted octanol–water partition coefficient (Wildman–Crippen LogP) is 7.16. The molecule has 1 unspecified atom stereocenters. The van der Waals surface area contributed by atoms with E-state index in [4.69, 9.17) is 9.47 Å². The Labute approximate surface area is 229 Å². The highest BCUT2D eigenvalue weighted by Crippen LogP contribution is 2.47. The number of fused-ring (bicyclic) bond motifs is 3. The normalized spacial score (nSPS) is 21.1. The third kappa shape index (κ3) is 4.35. The van der Waals surface area contributed by atoms with Crippen molar-refractivity contribution in [3.05, 3.63) is 107 Å². The topological polar surface area (TPSA) is 24.9 Å². The van der Waals surface area contributed by atoms with Gasteiger partial charge < -0.3 is 19.3 Å². The highest BCUT2D eigenvalue weighted by Gasteiger charge is 2.38. The lowest BCUT2D eigenvalue weighted by molar-refractivity contribution is 0.122. The van der Waals surface area contributed by atoms with Gasteiger partial charge in [0.05, 0.1) is 13.2 Å². The molecule has 4 nitrogen and oxygen atoms in total. The Morgan fingerprint density at radius 1 is 0.692 bits per heavy atom. The van der Waals surface area contributed by atoms with E-state index in [0.717, 1.165) is 67.5 Å². The fraction of sp³-hybridized carbons (Fsp3) is 0.294. The van der Waals surface area contributed by atoms with Gasteiger partial charge in [0.1, 0.15) is 11.6 Å². The van der Waals surface area contributed by atoms with Crippen LogP contribution in [0.4, 0.5) is 15.8 Å². The molecule has 3 aliphatic rings. The van der Waals surface area contributed by atoms with E-state index in [1.54, 1.807) is 12.1 Å². The van der Waals surface area contributed by atoms with Crippen LogP contribution in [0.2, 0.25) is 0 Å². The summed E-state index contributed by atoms with van der Waals surface area (Å²) in [5.41, 5.74) is 4.25. The number of anilines is 2. The first-order chi connectivity index (χ1) is 19.2. The number of benzene rings is 4. The summed E-state index contributed by atoms with van der Waals surface area (Å²) in [5.74, 6) is 0.561. The summed E-state index contributed by atoms with van der Waals surface area (Å²) in [4.78, 5) is 4.83. The molecule has 4 aromatic carbocycles. The highest BCUT2D eigenvalue weighted by molar-refractivity contribution is 6.02. The lowest BCUT2D eigenvalue weighted by Gasteiger charge is -2.38. The van der Waals surface area contributed by atoms with Crippen LogP contribution in [0, 0.1) is 5.82 Å². The first-order valence-electron chi connectivity index (χ1n) is 14.1. The lowest BCUT2D eigenvalue weighted by Crippen LogP contribution is -2.37. The van der Waals surface area contributed by atoms with Crippen molar-refractivity contribution in [2.45, 2.75) is 24.9 Å². The number of ether oxygens (including phenoxy) is 2. The van der Waals surface area contributed by atoms with Crippen LogP contribution in [0.1, 0.15) is 36.0 Å². The predicted molar refractivity (Wildman–Crippen MR) is 156 cm³/mol. The average molecular weight is 521 g/mol. The number of piperidine rings is 1. The van der Waals surface area contributed by atoms with Crippen LogP contribution in [0.3, 0.4) is 0 Å². The molecule has 0 radical (unpaired) electrons. The number of hydrogen-bond acceptors (Lipinski definition) is 4. The Balaban J connectivity index is 1.36. The molecule has 2 fully saturated rings. The largest absolute Gasteiger partial charge is 0.473 e. The van der Waals surface area contributed by atoms with Gasteiger partial charge in [0, 0.05) is 65.7 Å². The molecule has 0 bridgehead atoms. The van der Waals surface area contributed by atoms with Crippen molar-refractivity contribution in [1.82, 2.24) is 0 Å². The van der Waals surface area contributed by atoms with E-state index in [-0.39, 0.29) is 5.82 Å². The van der Waals surface area contributed by atoms with E-state index in [0.29, 0.717) is 0 Å². The zero-order valence-electron chi connectivity index (χ0n) is 22.1. The molecular formula is C34H33FN2O2. The van der Waals surface area contributed by atoms with Crippen molar-refractivity contribution >= 4 is 28.2 Å². The molecule has 0 amide bonds. The fourth-order valence-electron chi connectivity index (χ4n) is 6.35. The van der Waals surface area contributed by atoms with Gasteiger partial charge in [-0.15, -0.1) is 0 Å². The Morgan fingerprint density at radius 2 is 1.46 bits per heavy atom. The summed E-state index contributed by atoms with van der Waals surface area (Å²) in [5, 5.41) is 2.43. The van der Waals surface area contributed by atoms with Crippen molar-refractivity contribution in [3.8, 4) is 5.75 Å². The maximum absolute atomic E-state index is 14.6. The van der Waals surface area contributed by atoms with Gasteiger partial charge in [-0.1, -0.05) is 48.5 Å². The molecule has 2 saturated heterocycles. The number of morpholine rings is 1. The first kappa shape index (κ1) is 24.2. The van der Waals surface area contributed by atoms with Crippen molar-refractivity contribution in [3.63, 3.8) is 0 Å². The zero-order valence-corrected chi connectivity index (χ0v) is 22.1. The molecule has 7 rings (SSSR count). The van der Waals surface area contributed by atoms with Gasteiger partial charge in [0.25, 0.3) is 0 Å². The van der Waals surface area contributed by atoms with Crippen molar-refractivity contribution in [2.75, 3.05) is 49.2 Å². The number of nitrogens with zero attached hydrogens (tertiary/aromatic N) is 2. The van der Waals surface area contributed by atoms with Crippen molar-refractivity contribution in [2.24, 2.45) is 0 Å². The van der Waals surface area contributed by atoms with Crippen LogP contribution in [0.25, 0.3) is 16.8 Å². The quantitative estimate of drug-likeness (QED) is 0.285. The molecule has 198 valence electrons. The third-order valence-electron chi connectivity index (χ3n) is 8.40. The van der Waals surface area contributed by atoms with E-state index in [2.05, 4.69) is 76.5 Å². The van der Waals surface area contributed by atoms with Gasteiger partial charge in [0.15, 0.2) is 5.60 Å². The van der Waals surface area contributed by atoms with Crippen LogP contribution in [0.15, 0.2) is 84.9 Å². The monoisotopic (exact) mass is 520 g/mol. The molecule has 3 heterocycles. The van der Waals surface area contributed by atoms with Crippen LogP contribution < -0.4 is 14.5 Å². The molecule has 0 N–H and O–H groups in total. The Morgan fingerprint density at radius 3 is 2.23 bits per heavy atom. The van der Waals surface area contributed by atoms with Gasteiger partial charge in [-0.2, -0.15) is 0 Å². The Kier molecular flexibility index (Phi) is 6.24. The summed E-state index contributed by atoms with van der Waals surface area (Å²) >= 11 is 0. The van der Waals surface area contributed by atoms with E-state index in [1.807, 2.05) is 6.07 Å². The van der Waals surface area contributed by atoms with Gasteiger partial charge >= 0.3 is 0 Å². The molecule has 0 spiro atoms. The molecule has 3 aliphatic heterocycles. The number of hydrogen-bond donors (Lipinski definition) is 0. The second-order valence-corrected chi connectivity index (χ2v) is 10.7. The second kappa shape index (κ2) is 10.0. The molecule has 0 aliphatic carbocycles.